The monoisotopic (exact) mass is 650 g/mol. The number of carbonyl (C=O) groups excluding carboxylic acids is 2. The summed E-state index contributed by atoms with van der Waals surface area (Å²) in [7, 11) is 5.33. The highest BCUT2D eigenvalue weighted by Gasteiger charge is 2.34. The number of methoxy groups -OCH3 is 4. The van der Waals surface area contributed by atoms with Gasteiger partial charge in [0.05, 0.1) is 61.5 Å². The van der Waals surface area contributed by atoms with Crippen molar-refractivity contribution in [2.24, 2.45) is 5.92 Å². The SMILES string of the molecule is COc1cc(COC(=O)NC2CCC([C@H](NC(=O)OCc3cc(OC)c(OC)cc3[N+](=O)[O-])C(=O)O)CC2)c([N+](=O)[O-])cc1OC. The number of aliphatic carboxylic acids is 1. The third-order valence-electron chi connectivity index (χ3n) is 7.39. The number of amides is 2. The first-order chi connectivity index (χ1) is 21.9. The number of alkyl carbamates (subject to hydrolysis) is 2. The summed E-state index contributed by atoms with van der Waals surface area (Å²) < 4.78 is 30.8. The number of carbonyl (C=O) groups is 3. The zero-order valence-corrected chi connectivity index (χ0v) is 25.4. The van der Waals surface area contributed by atoms with E-state index in [1.54, 1.807) is 0 Å². The molecule has 0 unspecified atom stereocenters. The largest absolute Gasteiger partial charge is 0.493 e. The van der Waals surface area contributed by atoms with Gasteiger partial charge < -0.3 is 44.2 Å². The Morgan fingerprint density at radius 3 is 1.57 bits per heavy atom. The quantitative estimate of drug-likeness (QED) is 0.195. The third-order valence-corrected chi connectivity index (χ3v) is 7.39. The molecule has 1 fully saturated rings. The average Bonchev–Trinajstić information content (AvgIpc) is 3.04. The van der Waals surface area contributed by atoms with Crippen LogP contribution in [0.1, 0.15) is 36.8 Å². The molecule has 250 valence electrons. The van der Waals surface area contributed by atoms with Crippen molar-refractivity contribution in [2.75, 3.05) is 28.4 Å². The van der Waals surface area contributed by atoms with Crippen molar-refractivity contribution >= 4 is 29.5 Å². The van der Waals surface area contributed by atoms with Crippen molar-refractivity contribution < 1.29 is 57.8 Å². The van der Waals surface area contributed by atoms with E-state index in [1.807, 2.05) is 0 Å². The number of rotatable bonds is 14. The van der Waals surface area contributed by atoms with E-state index in [4.69, 9.17) is 28.4 Å². The normalized spacial score (nSPS) is 16.3. The fourth-order valence-corrected chi connectivity index (χ4v) is 5.03. The molecule has 0 bridgehead atoms. The summed E-state index contributed by atoms with van der Waals surface area (Å²) in [6.07, 6.45) is -0.587. The lowest BCUT2D eigenvalue weighted by atomic mass is 9.81. The van der Waals surface area contributed by atoms with Gasteiger partial charge in [-0.2, -0.15) is 0 Å². The Hall–Kier alpha value is -5.55. The van der Waals surface area contributed by atoms with Crippen LogP contribution in [-0.2, 0) is 27.5 Å². The molecular formula is C28H34N4O14. The molecule has 2 amide bonds. The topological polar surface area (TPSA) is 237 Å². The first-order valence-corrected chi connectivity index (χ1v) is 13.8. The van der Waals surface area contributed by atoms with Gasteiger partial charge in [-0.25, -0.2) is 14.4 Å². The Morgan fingerprint density at radius 2 is 1.17 bits per heavy atom. The zero-order valence-electron chi connectivity index (χ0n) is 25.4. The van der Waals surface area contributed by atoms with Gasteiger partial charge in [0.2, 0.25) is 0 Å². The summed E-state index contributed by atoms with van der Waals surface area (Å²) in [5.41, 5.74) is -0.612. The second kappa shape index (κ2) is 16.0. The molecule has 1 saturated carbocycles. The minimum atomic E-state index is -1.33. The number of carboxylic acid groups (broad SMARTS) is 1. The van der Waals surface area contributed by atoms with Crippen LogP contribution < -0.4 is 29.6 Å². The molecule has 0 saturated heterocycles. The summed E-state index contributed by atoms with van der Waals surface area (Å²) in [6, 6.07) is 3.21. The predicted octanol–water partition coefficient (Wildman–Crippen LogP) is 3.70. The molecule has 0 aromatic heterocycles. The maximum Gasteiger partial charge on any atom is 0.408 e. The molecule has 18 heteroatoms. The second-order valence-corrected chi connectivity index (χ2v) is 10.1. The number of carboxylic acids is 1. The Labute approximate surface area is 262 Å². The smallest absolute Gasteiger partial charge is 0.408 e. The van der Waals surface area contributed by atoms with Gasteiger partial charge in [-0.1, -0.05) is 0 Å². The van der Waals surface area contributed by atoms with Gasteiger partial charge in [0, 0.05) is 6.04 Å². The van der Waals surface area contributed by atoms with Crippen LogP contribution in [0.2, 0.25) is 0 Å². The van der Waals surface area contributed by atoms with Crippen molar-refractivity contribution in [1.82, 2.24) is 10.6 Å². The van der Waals surface area contributed by atoms with E-state index in [2.05, 4.69) is 10.6 Å². The van der Waals surface area contributed by atoms with Crippen molar-refractivity contribution in [3.05, 3.63) is 55.6 Å². The lowest BCUT2D eigenvalue weighted by molar-refractivity contribution is -0.386. The van der Waals surface area contributed by atoms with E-state index in [0.29, 0.717) is 25.7 Å². The first-order valence-electron chi connectivity index (χ1n) is 13.8. The van der Waals surface area contributed by atoms with Gasteiger partial charge in [-0.05, 0) is 43.7 Å². The predicted molar refractivity (Wildman–Crippen MR) is 156 cm³/mol. The second-order valence-electron chi connectivity index (χ2n) is 10.1. The summed E-state index contributed by atoms with van der Waals surface area (Å²) in [5.74, 6) is -1.17. The minimum absolute atomic E-state index is 0.00359. The number of benzene rings is 2. The fourth-order valence-electron chi connectivity index (χ4n) is 5.03. The summed E-state index contributed by atoms with van der Waals surface area (Å²) in [4.78, 5) is 58.6. The molecule has 0 radical (unpaired) electrons. The standard InChI is InChI=1S/C28H34N4O14/c1-41-21-9-16(19(31(37)38)11-23(21)43-3)13-45-27(35)29-18-7-5-15(6-8-18)25(26(33)34)30-28(36)46-14-17-10-22(42-2)24(44-4)12-20(17)32(39)40/h9-12,15,18,25H,5-8,13-14H2,1-4H3,(H,29,35)(H,30,36)(H,33,34)/t15?,18?,25-/m0/s1. The van der Waals surface area contributed by atoms with Crippen LogP contribution >= 0.6 is 0 Å². The number of nitrogens with one attached hydrogen (secondary N) is 2. The Kier molecular flexibility index (Phi) is 12.1. The molecule has 3 rings (SSSR count). The van der Waals surface area contributed by atoms with Crippen molar-refractivity contribution in [3.8, 4) is 23.0 Å². The number of ether oxygens (including phenoxy) is 6. The highest BCUT2D eigenvalue weighted by atomic mass is 16.6. The van der Waals surface area contributed by atoms with Crippen LogP contribution in [0, 0.1) is 26.1 Å². The Morgan fingerprint density at radius 1 is 0.761 bits per heavy atom. The van der Waals surface area contributed by atoms with E-state index in [9.17, 15) is 39.7 Å². The highest BCUT2D eigenvalue weighted by Crippen LogP contribution is 2.36. The summed E-state index contributed by atoms with van der Waals surface area (Å²) in [6.45, 7) is -0.961. The number of nitrogens with zero attached hydrogens (tertiary/aromatic N) is 2. The molecule has 3 N–H and O–H groups in total. The summed E-state index contributed by atoms with van der Waals surface area (Å²) in [5, 5.41) is 37.7. The van der Waals surface area contributed by atoms with Gasteiger partial charge in [0.25, 0.3) is 11.4 Å². The average molecular weight is 651 g/mol. The number of hydrogen-bond donors (Lipinski definition) is 3. The van der Waals surface area contributed by atoms with E-state index in [1.165, 1.54) is 46.6 Å². The number of nitro benzene ring substituents is 2. The van der Waals surface area contributed by atoms with Crippen LogP contribution in [0.5, 0.6) is 23.0 Å². The van der Waals surface area contributed by atoms with Crippen molar-refractivity contribution in [1.29, 1.82) is 0 Å². The van der Waals surface area contributed by atoms with Gasteiger partial charge in [0.15, 0.2) is 23.0 Å². The van der Waals surface area contributed by atoms with Crippen LogP contribution in [-0.4, -0.2) is 73.6 Å². The third kappa shape index (κ3) is 8.76. The summed E-state index contributed by atoms with van der Waals surface area (Å²) >= 11 is 0. The molecule has 1 atom stereocenters. The molecule has 0 spiro atoms. The number of hydrogen-bond acceptors (Lipinski definition) is 13. The lowest BCUT2D eigenvalue weighted by Gasteiger charge is -2.32. The molecule has 2 aromatic rings. The van der Waals surface area contributed by atoms with Crippen LogP contribution in [0.4, 0.5) is 21.0 Å². The molecule has 2 aromatic carbocycles. The molecule has 18 nitrogen and oxygen atoms in total. The van der Waals surface area contributed by atoms with Gasteiger partial charge in [-0.15, -0.1) is 0 Å². The van der Waals surface area contributed by atoms with Crippen LogP contribution in [0.3, 0.4) is 0 Å². The Bertz CT molecular complexity index is 1460. The highest BCUT2D eigenvalue weighted by molar-refractivity contribution is 5.80. The van der Waals surface area contributed by atoms with Gasteiger partial charge >= 0.3 is 18.2 Å². The molecule has 0 heterocycles. The molecule has 1 aliphatic rings. The van der Waals surface area contributed by atoms with Gasteiger partial charge in [0.1, 0.15) is 19.3 Å². The van der Waals surface area contributed by atoms with Crippen molar-refractivity contribution in [2.45, 2.75) is 51.0 Å². The van der Waals surface area contributed by atoms with E-state index in [0.717, 1.165) is 6.07 Å². The minimum Gasteiger partial charge on any atom is -0.493 e. The molecular weight excluding hydrogens is 616 g/mol. The maximum atomic E-state index is 12.5. The molecule has 1 aliphatic carbocycles. The van der Waals surface area contributed by atoms with Crippen LogP contribution in [0.25, 0.3) is 0 Å². The molecule has 46 heavy (non-hydrogen) atoms. The fraction of sp³-hybridized carbons (Fsp3) is 0.464. The Balaban J connectivity index is 1.54. The van der Waals surface area contributed by atoms with E-state index < -0.39 is 53.2 Å². The van der Waals surface area contributed by atoms with E-state index >= 15 is 0 Å². The number of nitro groups is 2. The van der Waals surface area contributed by atoms with Crippen LogP contribution in [0.15, 0.2) is 24.3 Å². The van der Waals surface area contributed by atoms with Crippen molar-refractivity contribution in [3.63, 3.8) is 0 Å². The first kappa shape index (κ1) is 34.9. The maximum absolute atomic E-state index is 12.5. The van der Waals surface area contributed by atoms with E-state index in [-0.39, 0.29) is 51.5 Å². The van der Waals surface area contributed by atoms with Gasteiger partial charge in [-0.3, -0.25) is 20.2 Å². The zero-order chi connectivity index (χ0) is 34.0. The molecule has 0 aliphatic heterocycles. The lowest BCUT2D eigenvalue weighted by Crippen LogP contribution is -2.48.